The molecule has 38 heavy (non-hydrogen) atoms. The van der Waals surface area contributed by atoms with Gasteiger partial charge in [-0.2, -0.15) is 26.3 Å². The number of halogens is 6. The van der Waals surface area contributed by atoms with Gasteiger partial charge in [-0.15, -0.1) is 22.7 Å². The fourth-order valence-corrected chi connectivity index (χ4v) is 7.42. The maximum Gasteiger partial charge on any atom is 0.416 e. The van der Waals surface area contributed by atoms with Gasteiger partial charge in [-0.1, -0.05) is 46.9 Å². The lowest BCUT2D eigenvalue weighted by molar-refractivity contribution is -0.138. The summed E-state index contributed by atoms with van der Waals surface area (Å²) in [6, 6.07) is 9.84. The van der Waals surface area contributed by atoms with E-state index in [9.17, 15) is 26.3 Å². The van der Waals surface area contributed by atoms with E-state index in [0.29, 0.717) is 40.8 Å². The first-order chi connectivity index (χ1) is 18.0. The van der Waals surface area contributed by atoms with Crippen molar-refractivity contribution in [2.75, 3.05) is 0 Å². The molecule has 192 valence electrons. The van der Waals surface area contributed by atoms with Gasteiger partial charge in [0.1, 0.15) is 0 Å². The number of hydrogen-bond donors (Lipinski definition) is 0. The molecular weight excluding hydrogens is 587 g/mol. The number of fused-ring (bicyclic) bond motifs is 1. The van der Waals surface area contributed by atoms with Crippen molar-refractivity contribution in [1.29, 1.82) is 0 Å². The molecule has 6 aromatic rings. The van der Waals surface area contributed by atoms with Crippen molar-refractivity contribution in [1.82, 2.24) is 19.9 Å². The molecule has 0 aliphatic rings. The zero-order chi connectivity index (χ0) is 26.7. The Bertz CT molecular complexity index is 1580. The van der Waals surface area contributed by atoms with Crippen molar-refractivity contribution in [2.24, 2.45) is 0 Å². The SMILES string of the molecule is FC(F)(F)c1ccc(-c2cnc(-c3nc4sc(-c5ncc(-c6ccc(C(F)(F)F)cc6)s5)nc4s3)s2)cc1. The molecule has 0 aliphatic carbocycles. The molecule has 0 atom stereocenters. The number of alkyl halides is 6. The summed E-state index contributed by atoms with van der Waals surface area (Å²) in [5.74, 6) is 0. The van der Waals surface area contributed by atoms with Gasteiger partial charge in [-0.05, 0) is 35.4 Å². The quantitative estimate of drug-likeness (QED) is 0.190. The Morgan fingerprint density at radius 2 is 0.842 bits per heavy atom. The monoisotopic (exact) mass is 596 g/mol. The van der Waals surface area contributed by atoms with Crippen molar-refractivity contribution < 1.29 is 26.3 Å². The number of nitrogens with zero attached hydrogens (tertiary/aromatic N) is 4. The molecule has 0 fully saturated rings. The molecule has 0 aliphatic heterocycles. The zero-order valence-corrected chi connectivity index (χ0v) is 21.7. The number of thiazole rings is 4. The minimum atomic E-state index is -4.39. The summed E-state index contributed by atoms with van der Waals surface area (Å²) in [5, 5.41) is 2.57. The highest BCUT2D eigenvalue weighted by Crippen LogP contribution is 2.42. The standard InChI is InChI=1S/C24H10F6N4S4/c25-23(26,27)13-5-1-11(2-6-13)15-9-31-17(35-15)19-33-21-22(37-19)34-20(38-21)18-32-10-16(36-18)12-3-7-14(8-4-12)24(28,29)30/h1-10H. The number of rotatable bonds is 4. The van der Waals surface area contributed by atoms with E-state index in [1.54, 1.807) is 12.4 Å². The van der Waals surface area contributed by atoms with Crippen LogP contribution in [0.2, 0.25) is 0 Å². The summed E-state index contributed by atoms with van der Waals surface area (Å²) in [6.07, 6.45) is -5.57. The lowest BCUT2D eigenvalue weighted by Crippen LogP contribution is -2.03. The molecular formula is C24H10F6N4S4. The Balaban J connectivity index is 1.21. The van der Waals surface area contributed by atoms with Gasteiger partial charge in [0, 0.05) is 12.4 Å². The van der Waals surface area contributed by atoms with Crippen LogP contribution in [0.3, 0.4) is 0 Å². The zero-order valence-electron chi connectivity index (χ0n) is 18.5. The Morgan fingerprint density at radius 1 is 0.474 bits per heavy atom. The summed E-state index contributed by atoms with van der Waals surface area (Å²) in [5.41, 5.74) is -0.152. The first-order valence-corrected chi connectivity index (χ1v) is 13.9. The summed E-state index contributed by atoms with van der Waals surface area (Å²) in [6.45, 7) is 0. The minimum Gasteiger partial charge on any atom is -0.241 e. The second-order valence-electron chi connectivity index (χ2n) is 7.86. The van der Waals surface area contributed by atoms with Crippen LogP contribution in [-0.2, 0) is 12.4 Å². The van der Waals surface area contributed by atoms with Crippen LogP contribution in [0.1, 0.15) is 11.1 Å². The van der Waals surface area contributed by atoms with Gasteiger partial charge in [-0.25, -0.2) is 19.9 Å². The van der Waals surface area contributed by atoms with Gasteiger partial charge < -0.3 is 0 Å². The normalized spacial score (nSPS) is 12.5. The first kappa shape index (κ1) is 25.1. The molecule has 6 rings (SSSR count). The Labute approximate surface area is 226 Å². The molecule has 0 unspecified atom stereocenters. The molecule has 0 spiro atoms. The van der Waals surface area contributed by atoms with Crippen molar-refractivity contribution in [3.63, 3.8) is 0 Å². The highest BCUT2D eigenvalue weighted by molar-refractivity contribution is 7.32. The first-order valence-electron chi connectivity index (χ1n) is 10.6. The molecule has 0 radical (unpaired) electrons. The second-order valence-corrected chi connectivity index (χ2v) is 11.9. The topological polar surface area (TPSA) is 51.6 Å². The van der Waals surface area contributed by atoms with Crippen LogP contribution >= 0.6 is 45.3 Å². The van der Waals surface area contributed by atoms with Gasteiger partial charge in [0.25, 0.3) is 0 Å². The summed E-state index contributed by atoms with van der Waals surface area (Å²) < 4.78 is 76.9. The van der Waals surface area contributed by atoms with Gasteiger partial charge in [-0.3, -0.25) is 0 Å². The molecule has 2 aromatic carbocycles. The van der Waals surface area contributed by atoms with E-state index in [0.717, 1.165) is 34.0 Å². The van der Waals surface area contributed by atoms with Crippen LogP contribution in [0, 0.1) is 0 Å². The van der Waals surface area contributed by atoms with Gasteiger partial charge in [0.2, 0.25) is 0 Å². The maximum atomic E-state index is 12.8. The summed E-state index contributed by atoms with van der Waals surface area (Å²) >= 11 is 5.34. The van der Waals surface area contributed by atoms with Crippen LogP contribution < -0.4 is 0 Å². The third-order valence-electron chi connectivity index (χ3n) is 5.35. The molecule has 4 aromatic heterocycles. The van der Waals surface area contributed by atoms with Crippen molar-refractivity contribution in [3.8, 4) is 40.9 Å². The van der Waals surface area contributed by atoms with Gasteiger partial charge in [0.15, 0.2) is 29.7 Å². The fourth-order valence-electron chi connectivity index (χ4n) is 3.48. The molecule has 0 saturated heterocycles. The highest BCUT2D eigenvalue weighted by atomic mass is 32.1. The predicted molar refractivity (Wildman–Crippen MR) is 138 cm³/mol. The van der Waals surface area contributed by atoms with E-state index >= 15 is 0 Å². The lowest BCUT2D eigenvalue weighted by Gasteiger charge is -2.06. The highest BCUT2D eigenvalue weighted by Gasteiger charge is 2.31. The van der Waals surface area contributed by atoms with Crippen molar-refractivity contribution in [2.45, 2.75) is 12.4 Å². The van der Waals surface area contributed by atoms with Gasteiger partial charge >= 0.3 is 12.4 Å². The molecule has 4 heterocycles. The third kappa shape index (κ3) is 4.84. The van der Waals surface area contributed by atoms with E-state index in [1.807, 2.05) is 0 Å². The van der Waals surface area contributed by atoms with E-state index in [-0.39, 0.29) is 0 Å². The number of hydrogen-bond acceptors (Lipinski definition) is 8. The van der Waals surface area contributed by atoms with Crippen LogP contribution in [0.5, 0.6) is 0 Å². The van der Waals surface area contributed by atoms with Crippen molar-refractivity contribution >= 4 is 55.0 Å². The predicted octanol–water partition coefficient (Wildman–Crippen LogP) is 9.37. The van der Waals surface area contributed by atoms with Crippen LogP contribution in [-0.4, -0.2) is 19.9 Å². The maximum absolute atomic E-state index is 12.8. The smallest absolute Gasteiger partial charge is 0.241 e. The average molecular weight is 597 g/mol. The molecule has 0 saturated carbocycles. The Kier molecular flexibility index (Phi) is 6.09. The van der Waals surface area contributed by atoms with Gasteiger partial charge in [0.05, 0.1) is 20.9 Å². The van der Waals surface area contributed by atoms with Crippen molar-refractivity contribution in [3.05, 3.63) is 72.1 Å². The van der Waals surface area contributed by atoms with E-state index < -0.39 is 23.5 Å². The second kappa shape index (κ2) is 9.22. The molecule has 0 bridgehead atoms. The Hall–Kier alpha value is -3.20. The van der Waals surface area contributed by atoms with E-state index in [4.69, 9.17) is 0 Å². The van der Waals surface area contributed by atoms with E-state index in [2.05, 4.69) is 19.9 Å². The Morgan fingerprint density at radius 3 is 1.18 bits per heavy atom. The molecule has 4 nitrogen and oxygen atoms in total. The number of aromatic nitrogens is 4. The molecule has 14 heteroatoms. The number of benzene rings is 2. The lowest BCUT2D eigenvalue weighted by atomic mass is 10.1. The van der Waals surface area contributed by atoms with E-state index in [1.165, 1.54) is 69.6 Å². The summed E-state index contributed by atoms with van der Waals surface area (Å²) in [4.78, 5) is 20.9. The van der Waals surface area contributed by atoms with Crippen LogP contribution in [0.4, 0.5) is 26.3 Å². The third-order valence-corrected chi connectivity index (χ3v) is 9.75. The largest absolute Gasteiger partial charge is 0.416 e. The summed E-state index contributed by atoms with van der Waals surface area (Å²) in [7, 11) is 0. The average Bonchev–Trinajstić information content (AvgIpc) is 3.66. The molecule has 0 N–H and O–H groups in total. The van der Waals surface area contributed by atoms with Crippen LogP contribution in [0.15, 0.2) is 60.9 Å². The van der Waals surface area contributed by atoms with Crippen LogP contribution in [0.25, 0.3) is 50.6 Å². The fraction of sp³-hybridized carbons (Fsp3) is 0.0833. The molecule has 0 amide bonds. The minimum absolute atomic E-state index is 0.633.